The Bertz CT molecular complexity index is 1060. The lowest BCUT2D eigenvalue weighted by Crippen LogP contribution is -2.19. The highest BCUT2D eigenvalue weighted by Gasteiger charge is 2.18. The van der Waals surface area contributed by atoms with Crippen molar-refractivity contribution in [2.24, 2.45) is 0 Å². The minimum Gasteiger partial charge on any atom is -0.480 e. The average Bonchev–Trinajstić information content (AvgIpc) is 2.80. The summed E-state index contributed by atoms with van der Waals surface area (Å²) in [6, 6.07) is 14.9. The van der Waals surface area contributed by atoms with Crippen LogP contribution >= 0.6 is 0 Å². The average molecular weight is 455 g/mol. The van der Waals surface area contributed by atoms with Gasteiger partial charge in [0.15, 0.2) is 15.6 Å². The molecule has 6 nitrogen and oxygen atoms in total. The van der Waals surface area contributed by atoms with Crippen molar-refractivity contribution >= 4 is 27.2 Å². The van der Waals surface area contributed by atoms with E-state index >= 15 is 0 Å². The number of hydrogen-bond donors (Lipinski definition) is 3. The Kier molecular flexibility index (Phi) is 8.11. The van der Waals surface area contributed by atoms with Gasteiger partial charge in [-0.15, -0.1) is 0 Å². The zero-order valence-electron chi connectivity index (χ0n) is 18.3. The molecule has 7 heteroatoms. The van der Waals surface area contributed by atoms with Crippen LogP contribution in [0.5, 0.6) is 0 Å². The van der Waals surface area contributed by atoms with E-state index in [9.17, 15) is 13.2 Å². The van der Waals surface area contributed by atoms with Crippen LogP contribution in [-0.2, 0) is 14.6 Å². The van der Waals surface area contributed by atoms with Gasteiger partial charge in [-0.2, -0.15) is 0 Å². The van der Waals surface area contributed by atoms with E-state index in [-0.39, 0.29) is 4.90 Å². The van der Waals surface area contributed by atoms with Crippen LogP contribution in [0.15, 0.2) is 65.6 Å². The third kappa shape index (κ3) is 6.72. The van der Waals surface area contributed by atoms with Crippen LogP contribution in [0.1, 0.15) is 42.4 Å². The van der Waals surface area contributed by atoms with Gasteiger partial charge < -0.3 is 15.7 Å². The van der Waals surface area contributed by atoms with Crippen molar-refractivity contribution in [1.82, 2.24) is 10.6 Å². The minimum absolute atomic E-state index is 0.0468. The highest BCUT2D eigenvalue weighted by Crippen LogP contribution is 2.22. The van der Waals surface area contributed by atoms with Gasteiger partial charge in [-0.1, -0.05) is 48.0 Å². The SMILES string of the molecule is C1=C(c2cccc(C3=CCCCN3)c2)NCCC1.Cc1ccc(S(=O)(=O)CC(=O)O)cc1. The second-order valence-electron chi connectivity index (χ2n) is 7.92. The van der Waals surface area contributed by atoms with Crippen LogP contribution in [0.25, 0.3) is 11.4 Å². The molecule has 0 radical (unpaired) electrons. The molecule has 2 aliphatic rings. The zero-order valence-corrected chi connectivity index (χ0v) is 19.1. The number of rotatable bonds is 5. The van der Waals surface area contributed by atoms with E-state index in [4.69, 9.17) is 5.11 Å². The molecular formula is C25H30N2O4S. The maximum atomic E-state index is 11.4. The highest BCUT2D eigenvalue weighted by molar-refractivity contribution is 7.92. The van der Waals surface area contributed by atoms with Crippen molar-refractivity contribution in [3.8, 4) is 0 Å². The summed E-state index contributed by atoms with van der Waals surface area (Å²) in [5.41, 5.74) is 6.12. The van der Waals surface area contributed by atoms with Crippen molar-refractivity contribution in [1.29, 1.82) is 0 Å². The van der Waals surface area contributed by atoms with E-state index in [2.05, 4.69) is 47.1 Å². The number of aliphatic carboxylic acids is 1. The largest absolute Gasteiger partial charge is 0.480 e. The van der Waals surface area contributed by atoms with Gasteiger partial charge in [-0.3, -0.25) is 4.79 Å². The summed E-state index contributed by atoms with van der Waals surface area (Å²) in [6.07, 6.45) is 9.49. The summed E-state index contributed by atoms with van der Waals surface area (Å²) >= 11 is 0. The monoisotopic (exact) mass is 454 g/mol. The molecule has 0 aliphatic carbocycles. The van der Waals surface area contributed by atoms with E-state index in [1.54, 1.807) is 12.1 Å². The summed E-state index contributed by atoms with van der Waals surface area (Å²) in [5.74, 6) is -2.21. The summed E-state index contributed by atoms with van der Waals surface area (Å²) < 4.78 is 22.7. The molecule has 3 N–H and O–H groups in total. The lowest BCUT2D eigenvalue weighted by molar-refractivity contribution is -0.134. The van der Waals surface area contributed by atoms with Gasteiger partial charge in [0.2, 0.25) is 0 Å². The van der Waals surface area contributed by atoms with Crippen molar-refractivity contribution in [2.75, 3.05) is 18.8 Å². The maximum Gasteiger partial charge on any atom is 0.319 e. The second-order valence-corrected chi connectivity index (χ2v) is 9.91. The molecule has 2 aliphatic heterocycles. The number of aryl methyl sites for hydroxylation is 1. The van der Waals surface area contributed by atoms with Crippen LogP contribution in [0, 0.1) is 6.92 Å². The smallest absolute Gasteiger partial charge is 0.319 e. The van der Waals surface area contributed by atoms with Crippen LogP contribution in [0.4, 0.5) is 0 Å². The summed E-state index contributed by atoms with van der Waals surface area (Å²) in [7, 11) is -3.68. The maximum absolute atomic E-state index is 11.4. The van der Waals surface area contributed by atoms with Gasteiger partial charge in [0, 0.05) is 24.5 Å². The molecule has 0 bridgehead atoms. The zero-order chi connectivity index (χ0) is 23.0. The third-order valence-electron chi connectivity index (χ3n) is 5.27. The Morgan fingerprint density at radius 2 is 1.44 bits per heavy atom. The molecule has 0 atom stereocenters. The summed E-state index contributed by atoms with van der Waals surface area (Å²) in [6.45, 7) is 4.02. The first kappa shape index (κ1) is 23.6. The molecular weight excluding hydrogens is 424 g/mol. The van der Waals surface area contributed by atoms with E-state index < -0.39 is 21.6 Å². The molecule has 4 rings (SSSR count). The third-order valence-corrected chi connectivity index (χ3v) is 6.89. The molecule has 0 saturated heterocycles. The fourth-order valence-electron chi connectivity index (χ4n) is 3.57. The van der Waals surface area contributed by atoms with Gasteiger partial charge >= 0.3 is 5.97 Å². The fourth-order valence-corrected chi connectivity index (χ4v) is 4.62. The molecule has 0 aromatic heterocycles. The normalized spacial score (nSPS) is 15.8. The minimum atomic E-state index is -3.68. The molecule has 0 saturated carbocycles. The van der Waals surface area contributed by atoms with Crippen LogP contribution < -0.4 is 10.6 Å². The Hall–Kier alpha value is -3.06. The molecule has 32 heavy (non-hydrogen) atoms. The number of allylic oxidation sites excluding steroid dienone is 2. The number of sulfone groups is 1. The van der Waals surface area contributed by atoms with Gasteiger partial charge in [0.25, 0.3) is 0 Å². The first-order valence-corrected chi connectivity index (χ1v) is 12.5. The van der Waals surface area contributed by atoms with Crippen LogP contribution in [0.3, 0.4) is 0 Å². The molecule has 0 unspecified atom stereocenters. The highest BCUT2D eigenvalue weighted by atomic mass is 32.2. The molecule has 0 fully saturated rings. The quantitative estimate of drug-likeness (QED) is 0.632. The summed E-state index contributed by atoms with van der Waals surface area (Å²) in [4.78, 5) is 10.3. The van der Waals surface area contributed by atoms with Gasteiger partial charge in [0.1, 0.15) is 0 Å². The van der Waals surface area contributed by atoms with E-state index in [1.165, 1.54) is 60.3 Å². The van der Waals surface area contributed by atoms with E-state index in [1.807, 2.05) is 6.92 Å². The number of carbonyl (C=O) groups is 1. The Morgan fingerprint density at radius 1 is 0.906 bits per heavy atom. The van der Waals surface area contributed by atoms with Crippen molar-refractivity contribution < 1.29 is 18.3 Å². The Balaban J connectivity index is 0.000000188. The number of benzene rings is 2. The summed E-state index contributed by atoms with van der Waals surface area (Å²) in [5, 5.41) is 15.4. The Labute approximate surface area is 190 Å². The number of carboxylic acids is 1. The molecule has 2 heterocycles. The lowest BCUT2D eigenvalue weighted by atomic mass is 10.0. The van der Waals surface area contributed by atoms with Crippen molar-refractivity contribution in [3.63, 3.8) is 0 Å². The Morgan fingerprint density at radius 3 is 1.88 bits per heavy atom. The first-order valence-electron chi connectivity index (χ1n) is 10.9. The predicted octanol–water partition coefficient (Wildman–Crippen LogP) is 3.99. The molecule has 2 aromatic rings. The van der Waals surface area contributed by atoms with Crippen LogP contribution in [0.2, 0.25) is 0 Å². The van der Waals surface area contributed by atoms with Crippen LogP contribution in [-0.4, -0.2) is 38.3 Å². The van der Waals surface area contributed by atoms with Crippen molar-refractivity contribution in [3.05, 3.63) is 77.4 Å². The standard InChI is InChI=1S/C16H20N2.C9H10O4S/c1-3-10-17-15(8-1)13-6-5-7-14(12-13)16-9-2-4-11-18-16;1-7-2-4-8(5-3-7)14(12,13)6-9(10)11/h5-9,12,17-18H,1-4,10-11H2;2-5H,6H2,1H3,(H,10,11). The fraction of sp³-hybridized carbons (Fsp3) is 0.320. The number of carboxylic acid groups (broad SMARTS) is 1. The molecule has 0 amide bonds. The molecule has 170 valence electrons. The molecule has 0 spiro atoms. The van der Waals surface area contributed by atoms with E-state index in [0.717, 1.165) is 18.7 Å². The number of hydrogen-bond acceptors (Lipinski definition) is 5. The first-order chi connectivity index (χ1) is 15.3. The second kappa shape index (κ2) is 11.0. The topological polar surface area (TPSA) is 95.5 Å². The predicted molar refractivity (Wildman–Crippen MR) is 128 cm³/mol. The van der Waals surface area contributed by atoms with Gasteiger partial charge in [0.05, 0.1) is 4.90 Å². The van der Waals surface area contributed by atoms with E-state index in [0.29, 0.717) is 0 Å². The van der Waals surface area contributed by atoms with Gasteiger partial charge in [-0.05, 0) is 61.9 Å². The van der Waals surface area contributed by atoms with Gasteiger partial charge in [-0.25, -0.2) is 8.42 Å². The molecule has 2 aromatic carbocycles. The number of nitrogens with one attached hydrogen (secondary N) is 2. The van der Waals surface area contributed by atoms with Crippen molar-refractivity contribution in [2.45, 2.75) is 37.5 Å². The lowest BCUT2D eigenvalue weighted by Gasteiger charge is -2.19.